The molecule has 1 atom stereocenters. The fraction of sp³-hybridized carbons (Fsp3) is 0.385. The Bertz CT molecular complexity index is 558. The Morgan fingerprint density at radius 2 is 1.85 bits per heavy atom. The van der Waals surface area contributed by atoms with E-state index in [0.29, 0.717) is 0 Å². The second-order valence-electron chi connectivity index (χ2n) is 4.55. The van der Waals surface area contributed by atoms with E-state index in [2.05, 4.69) is 5.32 Å². The highest BCUT2D eigenvalue weighted by molar-refractivity contribution is 6.46. The second-order valence-corrected chi connectivity index (χ2v) is 5.74. The van der Waals surface area contributed by atoms with E-state index < -0.39 is 12.1 Å². The number of carbonyl (C=O) groups is 2. The van der Waals surface area contributed by atoms with Crippen LogP contribution in [0.4, 0.5) is 0 Å². The van der Waals surface area contributed by atoms with Crippen molar-refractivity contribution >= 4 is 46.7 Å². The van der Waals surface area contributed by atoms with E-state index in [-0.39, 0.29) is 32.6 Å². The molecular formula is C13H12Cl3NO3. The first-order valence-electron chi connectivity index (χ1n) is 6.05. The van der Waals surface area contributed by atoms with Gasteiger partial charge in [-0.2, -0.15) is 0 Å². The van der Waals surface area contributed by atoms with Crippen LogP contribution in [0.15, 0.2) is 12.1 Å². The van der Waals surface area contributed by atoms with Gasteiger partial charge in [-0.05, 0) is 31.9 Å². The van der Waals surface area contributed by atoms with Crippen LogP contribution < -0.4 is 5.32 Å². The summed E-state index contributed by atoms with van der Waals surface area (Å²) in [4.78, 5) is 23.7. The predicted molar refractivity (Wildman–Crippen MR) is 77.5 cm³/mol. The fourth-order valence-corrected chi connectivity index (χ4v) is 2.22. The van der Waals surface area contributed by atoms with Crippen molar-refractivity contribution in [1.82, 2.24) is 5.32 Å². The van der Waals surface area contributed by atoms with Crippen molar-refractivity contribution in [2.45, 2.75) is 31.9 Å². The summed E-state index contributed by atoms with van der Waals surface area (Å²) >= 11 is 17.7. The lowest BCUT2D eigenvalue weighted by Gasteiger charge is -2.14. The number of halogens is 3. The molecule has 1 saturated carbocycles. The van der Waals surface area contributed by atoms with Crippen LogP contribution in [0.3, 0.4) is 0 Å². The summed E-state index contributed by atoms with van der Waals surface area (Å²) in [6.07, 6.45) is 0.991. The van der Waals surface area contributed by atoms with E-state index in [4.69, 9.17) is 39.5 Å². The molecular weight excluding hydrogens is 325 g/mol. The molecule has 0 aromatic heterocycles. The summed E-state index contributed by atoms with van der Waals surface area (Å²) in [5.41, 5.74) is -0.0353. The monoisotopic (exact) mass is 335 g/mol. The number of benzene rings is 1. The maximum atomic E-state index is 12.0. The summed E-state index contributed by atoms with van der Waals surface area (Å²) in [5, 5.41) is 3.07. The fourth-order valence-electron chi connectivity index (χ4n) is 1.53. The Hall–Kier alpha value is -0.970. The largest absolute Gasteiger partial charge is 0.449 e. The number of carbonyl (C=O) groups excluding carboxylic acids is 2. The van der Waals surface area contributed by atoms with Crippen LogP contribution in [-0.4, -0.2) is 24.0 Å². The highest BCUT2D eigenvalue weighted by atomic mass is 35.5. The maximum absolute atomic E-state index is 12.0. The molecule has 1 aromatic carbocycles. The number of esters is 1. The molecule has 0 spiro atoms. The van der Waals surface area contributed by atoms with Gasteiger partial charge in [0.25, 0.3) is 5.91 Å². The van der Waals surface area contributed by atoms with E-state index >= 15 is 0 Å². The van der Waals surface area contributed by atoms with Crippen molar-refractivity contribution in [3.8, 4) is 0 Å². The van der Waals surface area contributed by atoms with Gasteiger partial charge in [0.15, 0.2) is 6.10 Å². The van der Waals surface area contributed by atoms with Gasteiger partial charge in [-0.25, -0.2) is 4.79 Å². The second kappa shape index (κ2) is 6.20. The first-order valence-corrected chi connectivity index (χ1v) is 7.18. The molecule has 0 radical (unpaired) electrons. The average Bonchev–Trinajstić information content (AvgIpc) is 3.18. The number of hydrogen-bond donors (Lipinski definition) is 1. The molecule has 1 aromatic rings. The number of rotatable bonds is 4. The van der Waals surface area contributed by atoms with Gasteiger partial charge >= 0.3 is 5.97 Å². The molecule has 0 aliphatic heterocycles. The number of ether oxygens (including phenoxy) is 1. The SMILES string of the molecule is C[C@@H](OC(=O)c1c(Cl)ccc(Cl)c1Cl)C(=O)NC1CC1. The predicted octanol–water partition coefficient (Wildman–Crippen LogP) is 3.47. The van der Waals surface area contributed by atoms with E-state index in [1.165, 1.54) is 19.1 Å². The van der Waals surface area contributed by atoms with Crippen molar-refractivity contribution in [3.63, 3.8) is 0 Å². The van der Waals surface area contributed by atoms with Crippen LogP contribution in [0, 0.1) is 0 Å². The molecule has 1 fully saturated rings. The average molecular weight is 337 g/mol. The van der Waals surface area contributed by atoms with Gasteiger partial charge in [-0.3, -0.25) is 4.79 Å². The van der Waals surface area contributed by atoms with E-state index in [0.717, 1.165) is 12.8 Å². The van der Waals surface area contributed by atoms with Crippen LogP contribution in [0.2, 0.25) is 15.1 Å². The van der Waals surface area contributed by atoms with Gasteiger partial charge in [-0.15, -0.1) is 0 Å². The topological polar surface area (TPSA) is 55.4 Å². The highest BCUT2D eigenvalue weighted by Gasteiger charge is 2.28. The number of hydrogen-bond acceptors (Lipinski definition) is 3. The molecule has 7 heteroatoms. The van der Waals surface area contributed by atoms with Crippen molar-refractivity contribution in [1.29, 1.82) is 0 Å². The Labute approximate surface area is 131 Å². The van der Waals surface area contributed by atoms with Gasteiger partial charge < -0.3 is 10.1 Å². The van der Waals surface area contributed by atoms with Crippen LogP contribution in [0.1, 0.15) is 30.1 Å². The minimum Gasteiger partial charge on any atom is -0.449 e. The zero-order valence-electron chi connectivity index (χ0n) is 10.6. The van der Waals surface area contributed by atoms with Crippen LogP contribution in [0.5, 0.6) is 0 Å². The van der Waals surface area contributed by atoms with E-state index in [1.54, 1.807) is 0 Å². The molecule has 1 N–H and O–H groups in total. The van der Waals surface area contributed by atoms with Crippen molar-refractivity contribution in [3.05, 3.63) is 32.8 Å². The Kier molecular flexibility index (Phi) is 4.78. The number of nitrogens with one attached hydrogen (secondary N) is 1. The maximum Gasteiger partial charge on any atom is 0.342 e. The zero-order valence-corrected chi connectivity index (χ0v) is 12.9. The smallest absolute Gasteiger partial charge is 0.342 e. The molecule has 108 valence electrons. The Balaban J connectivity index is 2.07. The lowest BCUT2D eigenvalue weighted by molar-refractivity contribution is -0.129. The third-order valence-corrected chi connectivity index (χ3v) is 3.94. The minimum atomic E-state index is -0.922. The summed E-state index contributed by atoms with van der Waals surface area (Å²) in [5.74, 6) is -1.11. The third kappa shape index (κ3) is 3.57. The van der Waals surface area contributed by atoms with Crippen LogP contribution >= 0.6 is 34.8 Å². The zero-order chi connectivity index (χ0) is 14.9. The summed E-state index contributed by atoms with van der Waals surface area (Å²) < 4.78 is 5.07. The molecule has 1 aliphatic rings. The highest BCUT2D eigenvalue weighted by Crippen LogP contribution is 2.32. The van der Waals surface area contributed by atoms with Crippen molar-refractivity contribution in [2.75, 3.05) is 0 Å². The molecule has 2 rings (SSSR count). The number of amides is 1. The van der Waals surface area contributed by atoms with Crippen LogP contribution in [0.25, 0.3) is 0 Å². The molecule has 0 heterocycles. The van der Waals surface area contributed by atoms with Gasteiger partial charge in [0.05, 0.1) is 20.6 Å². The van der Waals surface area contributed by atoms with Gasteiger partial charge in [0, 0.05) is 6.04 Å². The first-order chi connectivity index (χ1) is 9.40. The minimum absolute atomic E-state index is 0.0129. The Morgan fingerprint density at radius 1 is 1.25 bits per heavy atom. The van der Waals surface area contributed by atoms with E-state index in [9.17, 15) is 9.59 Å². The lowest BCUT2D eigenvalue weighted by Crippen LogP contribution is -2.37. The first kappa shape index (κ1) is 15.4. The summed E-state index contributed by atoms with van der Waals surface area (Å²) in [6, 6.07) is 3.12. The lowest BCUT2D eigenvalue weighted by atomic mass is 10.2. The summed E-state index contributed by atoms with van der Waals surface area (Å²) in [6.45, 7) is 1.49. The quantitative estimate of drug-likeness (QED) is 0.676. The molecule has 0 saturated heterocycles. The van der Waals surface area contributed by atoms with Gasteiger partial charge in [-0.1, -0.05) is 34.8 Å². The summed E-state index contributed by atoms with van der Waals surface area (Å²) in [7, 11) is 0. The van der Waals surface area contributed by atoms with Crippen molar-refractivity contribution < 1.29 is 14.3 Å². The standard InChI is InChI=1S/C13H12Cl3NO3/c1-6(12(18)17-7-2-3-7)20-13(19)10-8(14)4-5-9(15)11(10)16/h4-7H,2-3H2,1H3,(H,17,18)/t6-/m1/s1. The van der Waals surface area contributed by atoms with Crippen molar-refractivity contribution in [2.24, 2.45) is 0 Å². The molecule has 4 nitrogen and oxygen atoms in total. The normalized spacial score (nSPS) is 15.6. The van der Waals surface area contributed by atoms with E-state index in [1.807, 2.05) is 0 Å². The van der Waals surface area contributed by atoms with Gasteiger partial charge in [0.1, 0.15) is 0 Å². The van der Waals surface area contributed by atoms with Crippen LogP contribution in [-0.2, 0) is 9.53 Å². The van der Waals surface area contributed by atoms with Gasteiger partial charge in [0.2, 0.25) is 0 Å². The Morgan fingerprint density at radius 3 is 2.45 bits per heavy atom. The molecule has 0 bridgehead atoms. The molecule has 1 amide bonds. The molecule has 0 unspecified atom stereocenters. The molecule has 1 aliphatic carbocycles. The third-order valence-electron chi connectivity index (χ3n) is 2.82. The molecule has 20 heavy (non-hydrogen) atoms.